The number of aromatic nitrogens is 4. The number of nitrogens with one attached hydrogen (secondary N) is 1. The summed E-state index contributed by atoms with van der Waals surface area (Å²) in [5, 5.41) is 14.6. The van der Waals surface area contributed by atoms with Crippen molar-refractivity contribution < 1.29 is 4.79 Å². The number of rotatable bonds is 5. The SMILES string of the molecule is Cn1cc2ccc(CNC(=O)c3nn(Cc4ccc(Cl)cc4)c4ccccc34)cc2n1. The summed E-state index contributed by atoms with van der Waals surface area (Å²) in [6, 6.07) is 21.4. The lowest BCUT2D eigenvalue weighted by atomic mass is 10.1. The number of hydrogen-bond acceptors (Lipinski definition) is 3. The number of hydrogen-bond donors (Lipinski definition) is 1. The number of benzene rings is 3. The molecule has 5 rings (SSSR count). The normalized spacial score (nSPS) is 11.3. The summed E-state index contributed by atoms with van der Waals surface area (Å²) >= 11 is 5.99. The van der Waals surface area contributed by atoms with E-state index in [1.807, 2.05) is 84.7 Å². The van der Waals surface area contributed by atoms with Gasteiger partial charge in [-0.2, -0.15) is 10.2 Å². The van der Waals surface area contributed by atoms with Crippen LogP contribution in [0.2, 0.25) is 5.02 Å². The summed E-state index contributed by atoms with van der Waals surface area (Å²) in [5.41, 5.74) is 4.30. The maximum absolute atomic E-state index is 13.0. The first-order valence-electron chi connectivity index (χ1n) is 9.97. The van der Waals surface area contributed by atoms with E-state index in [-0.39, 0.29) is 5.91 Å². The van der Waals surface area contributed by atoms with Crippen LogP contribution < -0.4 is 5.32 Å². The topological polar surface area (TPSA) is 64.7 Å². The van der Waals surface area contributed by atoms with E-state index >= 15 is 0 Å². The van der Waals surface area contributed by atoms with E-state index in [1.165, 1.54) is 0 Å². The summed E-state index contributed by atoms with van der Waals surface area (Å²) in [6.45, 7) is 0.963. The molecule has 0 saturated heterocycles. The smallest absolute Gasteiger partial charge is 0.272 e. The van der Waals surface area contributed by atoms with Crippen LogP contribution in [0.1, 0.15) is 21.6 Å². The fraction of sp³-hybridized carbons (Fsp3) is 0.125. The Hall–Kier alpha value is -3.64. The van der Waals surface area contributed by atoms with Gasteiger partial charge in [0, 0.05) is 35.6 Å². The molecule has 31 heavy (non-hydrogen) atoms. The van der Waals surface area contributed by atoms with Crippen molar-refractivity contribution in [3.63, 3.8) is 0 Å². The summed E-state index contributed by atoms with van der Waals surface area (Å²) in [7, 11) is 1.90. The molecular formula is C24H20ClN5O. The van der Waals surface area contributed by atoms with E-state index in [0.717, 1.165) is 32.9 Å². The lowest BCUT2D eigenvalue weighted by Crippen LogP contribution is -2.23. The minimum Gasteiger partial charge on any atom is -0.347 e. The van der Waals surface area contributed by atoms with Crippen molar-refractivity contribution in [2.75, 3.05) is 0 Å². The first kappa shape index (κ1) is 19.3. The maximum Gasteiger partial charge on any atom is 0.272 e. The Kier molecular flexibility index (Phi) is 4.92. The highest BCUT2D eigenvalue weighted by Crippen LogP contribution is 2.21. The van der Waals surface area contributed by atoms with Gasteiger partial charge in [0.25, 0.3) is 5.91 Å². The molecule has 0 unspecified atom stereocenters. The van der Waals surface area contributed by atoms with Crippen LogP contribution in [0.3, 0.4) is 0 Å². The molecule has 0 radical (unpaired) electrons. The van der Waals surface area contributed by atoms with Gasteiger partial charge in [-0.15, -0.1) is 0 Å². The molecule has 2 aromatic heterocycles. The molecule has 0 aliphatic rings. The molecule has 2 heterocycles. The number of amides is 1. The molecular weight excluding hydrogens is 410 g/mol. The van der Waals surface area contributed by atoms with Crippen LogP contribution in [0.15, 0.2) is 72.9 Å². The van der Waals surface area contributed by atoms with Gasteiger partial charge < -0.3 is 5.32 Å². The molecule has 0 fully saturated rings. The second-order valence-electron chi connectivity index (χ2n) is 7.53. The molecule has 0 saturated carbocycles. The molecule has 0 aliphatic carbocycles. The Balaban J connectivity index is 1.39. The first-order chi connectivity index (χ1) is 15.1. The van der Waals surface area contributed by atoms with Crippen molar-refractivity contribution in [1.82, 2.24) is 24.9 Å². The van der Waals surface area contributed by atoms with Crippen molar-refractivity contribution in [3.05, 3.63) is 94.8 Å². The Bertz CT molecular complexity index is 1400. The zero-order chi connectivity index (χ0) is 21.4. The number of aryl methyl sites for hydroxylation is 1. The summed E-state index contributed by atoms with van der Waals surface area (Å²) in [6.07, 6.45) is 1.97. The van der Waals surface area contributed by atoms with Crippen molar-refractivity contribution in [3.8, 4) is 0 Å². The predicted molar refractivity (Wildman–Crippen MR) is 122 cm³/mol. The predicted octanol–water partition coefficient (Wildman–Crippen LogP) is 4.55. The van der Waals surface area contributed by atoms with Gasteiger partial charge in [0.1, 0.15) is 0 Å². The van der Waals surface area contributed by atoms with Crippen LogP contribution in [0.5, 0.6) is 0 Å². The zero-order valence-electron chi connectivity index (χ0n) is 16.9. The molecule has 1 N–H and O–H groups in total. The number of nitrogens with zero attached hydrogens (tertiary/aromatic N) is 4. The third-order valence-electron chi connectivity index (χ3n) is 5.26. The number of para-hydroxylation sites is 1. The second kappa shape index (κ2) is 7.89. The highest BCUT2D eigenvalue weighted by atomic mass is 35.5. The van der Waals surface area contributed by atoms with Crippen LogP contribution in [-0.2, 0) is 20.1 Å². The van der Waals surface area contributed by atoms with Crippen LogP contribution in [-0.4, -0.2) is 25.5 Å². The minimum atomic E-state index is -0.202. The molecule has 6 nitrogen and oxygen atoms in total. The highest BCUT2D eigenvalue weighted by molar-refractivity contribution is 6.30. The van der Waals surface area contributed by atoms with Gasteiger partial charge in [0.05, 0.1) is 17.6 Å². The average molecular weight is 430 g/mol. The van der Waals surface area contributed by atoms with Crippen molar-refractivity contribution in [1.29, 1.82) is 0 Å². The maximum atomic E-state index is 13.0. The molecule has 0 atom stereocenters. The lowest BCUT2D eigenvalue weighted by Gasteiger charge is -2.05. The monoisotopic (exact) mass is 429 g/mol. The van der Waals surface area contributed by atoms with Gasteiger partial charge in [-0.05, 0) is 35.4 Å². The zero-order valence-corrected chi connectivity index (χ0v) is 17.7. The van der Waals surface area contributed by atoms with Crippen LogP contribution in [0, 0.1) is 0 Å². The number of carbonyl (C=O) groups excluding carboxylic acids is 1. The Morgan fingerprint density at radius 1 is 1.00 bits per heavy atom. The molecule has 154 valence electrons. The largest absolute Gasteiger partial charge is 0.347 e. The molecule has 0 bridgehead atoms. The number of halogens is 1. The van der Waals surface area contributed by atoms with E-state index in [0.29, 0.717) is 23.8 Å². The Morgan fingerprint density at radius 2 is 1.77 bits per heavy atom. The van der Waals surface area contributed by atoms with E-state index < -0.39 is 0 Å². The Morgan fingerprint density at radius 3 is 2.61 bits per heavy atom. The summed E-state index contributed by atoms with van der Waals surface area (Å²) < 4.78 is 3.64. The molecule has 5 aromatic rings. The Labute approximate surface area is 184 Å². The molecule has 3 aromatic carbocycles. The first-order valence-corrected chi connectivity index (χ1v) is 10.3. The molecule has 0 aliphatic heterocycles. The van der Waals surface area contributed by atoms with E-state index in [4.69, 9.17) is 11.6 Å². The van der Waals surface area contributed by atoms with E-state index in [9.17, 15) is 4.79 Å². The molecule has 0 spiro atoms. The number of carbonyl (C=O) groups is 1. The van der Waals surface area contributed by atoms with Crippen LogP contribution in [0.4, 0.5) is 0 Å². The van der Waals surface area contributed by atoms with Gasteiger partial charge in [0.15, 0.2) is 5.69 Å². The van der Waals surface area contributed by atoms with Gasteiger partial charge in [-0.3, -0.25) is 14.2 Å². The van der Waals surface area contributed by atoms with Crippen molar-refractivity contribution in [2.45, 2.75) is 13.1 Å². The van der Waals surface area contributed by atoms with Crippen molar-refractivity contribution in [2.24, 2.45) is 7.05 Å². The van der Waals surface area contributed by atoms with Gasteiger partial charge >= 0.3 is 0 Å². The second-order valence-corrected chi connectivity index (χ2v) is 7.96. The van der Waals surface area contributed by atoms with Crippen LogP contribution >= 0.6 is 11.6 Å². The van der Waals surface area contributed by atoms with Crippen LogP contribution in [0.25, 0.3) is 21.8 Å². The third kappa shape index (κ3) is 3.90. The lowest BCUT2D eigenvalue weighted by molar-refractivity contribution is 0.0946. The van der Waals surface area contributed by atoms with Crippen molar-refractivity contribution >= 4 is 39.3 Å². The fourth-order valence-electron chi connectivity index (χ4n) is 3.74. The van der Waals surface area contributed by atoms with Gasteiger partial charge in [-0.25, -0.2) is 0 Å². The fourth-order valence-corrected chi connectivity index (χ4v) is 3.87. The summed E-state index contributed by atoms with van der Waals surface area (Å²) in [4.78, 5) is 13.0. The van der Waals surface area contributed by atoms with E-state index in [1.54, 1.807) is 4.68 Å². The van der Waals surface area contributed by atoms with Gasteiger partial charge in [0.2, 0.25) is 0 Å². The third-order valence-corrected chi connectivity index (χ3v) is 5.51. The number of fused-ring (bicyclic) bond motifs is 2. The molecule has 1 amide bonds. The average Bonchev–Trinajstić information content (AvgIpc) is 3.33. The van der Waals surface area contributed by atoms with Gasteiger partial charge in [-0.1, -0.05) is 54.1 Å². The summed E-state index contributed by atoms with van der Waals surface area (Å²) in [5.74, 6) is -0.202. The highest BCUT2D eigenvalue weighted by Gasteiger charge is 2.17. The standard InChI is InChI=1S/C24H20ClN5O/c1-29-15-18-9-6-17(12-21(18)27-29)13-26-24(31)23-20-4-2-3-5-22(20)30(28-23)14-16-7-10-19(25)11-8-16/h2-12,15H,13-14H2,1H3,(H,26,31). The quantitative estimate of drug-likeness (QED) is 0.445. The molecule has 7 heteroatoms. The van der Waals surface area contributed by atoms with E-state index in [2.05, 4.69) is 15.5 Å². The minimum absolute atomic E-state index is 0.202.